The molecule has 5 rings (SSSR count). The Kier molecular flexibility index (Phi) is 4.99. The first kappa shape index (κ1) is 18.9. The molecule has 2 aliphatic rings. The van der Waals surface area contributed by atoms with Gasteiger partial charge in [-0.05, 0) is 55.5 Å². The van der Waals surface area contributed by atoms with Crippen molar-refractivity contribution in [3.8, 4) is 0 Å². The highest BCUT2D eigenvalue weighted by Gasteiger charge is 2.31. The Morgan fingerprint density at radius 2 is 1.87 bits per heavy atom. The molecule has 3 heterocycles. The molecule has 6 nitrogen and oxygen atoms in total. The molecule has 0 bridgehead atoms. The van der Waals surface area contributed by atoms with Gasteiger partial charge in [-0.1, -0.05) is 24.3 Å². The number of benzene rings is 2. The van der Waals surface area contributed by atoms with Crippen LogP contribution >= 0.6 is 0 Å². The molecule has 30 heavy (non-hydrogen) atoms. The van der Waals surface area contributed by atoms with Crippen LogP contribution in [0.15, 0.2) is 52.9 Å². The van der Waals surface area contributed by atoms with E-state index in [-0.39, 0.29) is 17.9 Å². The summed E-state index contributed by atoms with van der Waals surface area (Å²) >= 11 is 0. The van der Waals surface area contributed by atoms with Crippen LogP contribution in [0.2, 0.25) is 0 Å². The average Bonchev–Trinajstić information content (AvgIpc) is 3.40. The van der Waals surface area contributed by atoms with Crippen molar-refractivity contribution in [1.29, 1.82) is 0 Å². The van der Waals surface area contributed by atoms with Gasteiger partial charge in [0.05, 0.1) is 6.42 Å². The first-order valence-corrected chi connectivity index (χ1v) is 10.7. The lowest BCUT2D eigenvalue weighted by Crippen LogP contribution is -2.39. The minimum Gasteiger partial charge on any atom is -0.438 e. The second kappa shape index (κ2) is 7.94. The van der Waals surface area contributed by atoms with Crippen LogP contribution in [0.25, 0.3) is 11.1 Å². The summed E-state index contributed by atoms with van der Waals surface area (Å²) in [7, 11) is 0. The van der Waals surface area contributed by atoms with Crippen molar-refractivity contribution < 1.29 is 14.0 Å². The molecule has 2 fully saturated rings. The third-order valence-electron chi connectivity index (χ3n) is 6.10. The predicted molar refractivity (Wildman–Crippen MR) is 114 cm³/mol. The molecule has 2 amide bonds. The molecule has 0 spiro atoms. The van der Waals surface area contributed by atoms with Crippen molar-refractivity contribution in [2.45, 2.75) is 44.6 Å². The quantitative estimate of drug-likeness (QED) is 0.653. The fraction of sp³-hybridized carbons (Fsp3) is 0.375. The molecule has 3 aromatic rings. The molecule has 2 aliphatic heterocycles. The van der Waals surface area contributed by atoms with E-state index >= 15 is 0 Å². The van der Waals surface area contributed by atoms with Gasteiger partial charge in [0.15, 0.2) is 5.58 Å². The minimum atomic E-state index is -0.111. The lowest BCUT2D eigenvalue weighted by atomic mass is 10.0. The SMILES string of the molecule is O=C1CCCN1c1ccc(CC(=O)N2CCCC[C@H]2c2nc3ccccc3o2)cc1. The number of piperidine rings is 1. The molecule has 2 saturated heterocycles. The molecule has 2 aromatic carbocycles. The monoisotopic (exact) mass is 403 g/mol. The van der Waals surface area contributed by atoms with Crippen molar-refractivity contribution in [2.24, 2.45) is 0 Å². The lowest BCUT2D eigenvalue weighted by Gasteiger charge is -2.34. The van der Waals surface area contributed by atoms with Gasteiger partial charge in [0.1, 0.15) is 11.6 Å². The molecule has 1 atom stereocenters. The van der Waals surface area contributed by atoms with Crippen LogP contribution in [0.3, 0.4) is 0 Å². The van der Waals surface area contributed by atoms with Crippen molar-refractivity contribution in [2.75, 3.05) is 18.0 Å². The zero-order valence-corrected chi connectivity index (χ0v) is 16.9. The van der Waals surface area contributed by atoms with Gasteiger partial charge in [-0.3, -0.25) is 9.59 Å². The van der Waals surface area contributed by atoms with Crippen molar-refractivity contribution in [3.63, 3.8) is 0 Å². The smallest absolute Gasteiger partial charge is 0.227 e. The van der Waals surface area contributed by atoms with Gasteiger partial charge < -0.3 is 14.2 Å². The van der Waals surface area contributed by atoms with E-state index in [1.807, 2.05) is 58.3 Å². The van der Waals surface area contributed by atoms with Crippen LogP contribution in [0, 0.1) is 0 Å². The number of aromatic nitrogens is 1. The molecule has 0 saturated carbocycles. The highest BCUT2D eigenvalue weighted by molar-refractivity contribution is 5.95. The van der Waals surface area contributed by atoms with Crippen molar-refractivity contribution in [1.82, 2.24) is 9.88 Å². The number of amides is 2. The maximum Gasteiger partial charge on any atom is 0.227 e. The highest BCUT2D eigenvalue weighted by Crippen LogP contribution is 2.33. The Morgan fingerprint density at radius 1 is 1.03 bits per heavy atom. The van der Waals surface area contributed by atoms with E-state index < -0.39 is 0 Å². The summed E-state index contributed by atoms with van der Waals surface area (Å²) in [4.78, 5) is 33.5. The molecule has 154 valence electrons. The van der Waals surface area contributed by atoms with Gasteiger partial charge in [-0.2, -0.15) is 0 Å². The molecule has 0 unspecified atom stereocenters. The van der Waals surface area contributed by atoms with Crippen molar-refractivity contribution >= 4 is 28.6 Å². The van der Waals surface area contributed by atoms with Crippen LogP contribution in [0.5, 0.6) is 0 Å². The van der Waals surface area contributed by atoms with Gasteiger partial charge in [0.2, 0.25) is 17.7 Å². The van der Waals surface area contributed by atoms with E-state index in [1.54, 1.807) is 0 Å². The van der Waals surface area contributed by atoms with E-state index in [9.17, 15) is 9.59 Å². The maximum atomic E-state index is 13.2. The van der Waals surface area contributed by atoms with E-state index in [2.05, 4.69) is 4.98 Å². The van der Waals surface area contributed by atoms with E-state index in [4.69, 9.17) is 4.42 Å². The predicted octanol–water partition coefficient (Wildman–Crippen LogP) is 4.25. The Bertz CT molecular complexity index is 1040. The summed E-state index contributed by atoms with van der Waals surface area (Å²) in [5.74, 6) is 0.896. The number of likely N-dealkylation sites (tertiary alicyclic amines) is 1. The molecule has 0 N–H and O–H groups in total. The van der Waals surface area contributed by atoms with Crippen molar-refractivity contribution in [3.05, 3.63) is 60.0 Å². The van der Waals surface area contributed by atoms with Crippen LogP contribution in [-0.2, 0) is 16.0 Å². The standard InChI is InChI=1S/C24H25N3O3/c28-22-9-5-15-26(22)18-12-10-17(11-13-18)16-23(29)27-14-4-3-7-20(27)24-25-19-6-1-2-8-21(19)30-24/h1-2,6,8,10-13,20H,3-5,7,9,14-16H2/t20-/m0/s1. The number of fused-ring (bicyclic) bond motifs is 1. The lowest BCUT2D eigenvalue weighted by molar-refractivity contribution is -0.134. The molecular formula is C24H25N3O3. The number of oxazole rings is 1. The maximum absolute atomic E-state index is 13.2. The average molecular weight is 403 g/mol. The summed E-state index contributed by atoms with van der Waals surface area (Å²) in [5, 5.41) is 0. The number of para-hydroxylation sites is 2. The van der Waals surface area contributed by atoms with Crippen LogP contribution in [0.4, 0.5) is 5.69 Å². The van der Waals surface area contributed by atoms with E-state index in [0.29, 0.717) is 18.7 Å². The third kappa shape index (κ3) is 3.58. The topological polar surface area (TPSA) is 66.7 Å². The zero-order valence-electron chi connectivity index (χ0n) is 16.9. The number of rotatable bonds is 4. The number of carbonyl (C=O) groups is 2. The summed E-state index contributed by atoms with van der Waals surface area (Å²) in [6.07, 6.45) is 4.79. The molecular weight excluding hydrogens is 378 g/mol. The fourth-order valence-electron chi connectivity index (χ4n) is 4.51. The Hall–Kier alpha value is -3.15. The summed E-state index contributed by atoms with van der Waals surface area (Å²) in [5.41, 5.74) is 3.46. The second-order valence-electron chi connectivity index (χ2n) is 8.11. The molecule has 0 aliphatic carbocycles. The number of anilines is 1. The summed E-state index contributed by atoms with van der Waals surface area (Å²) < 4.78 is 5.98. The fourth-order valence-corrected chi connectivity index (χ4v) is 4.51. The highest BCUT2D eigenvalue weighted by atomic mass is 16.3. The van der Waals surface area contributed by atoms with Gasteiger partial charge in [-0.25, -0.2) is 4.98 Å². The van der Waals surface area contributed by atoms with Gasteiger partial charge in [0.25, 0.3) is 0 Å². The largest absolute Gasteiger partial charge is 0.438 e. The van der Waals surface area contributed by atoms with Crippen LogP contribution < -0.4 is 4.90 Å². The molecule has 6 heteroatoms. The molecule has 0 radical (unpaired) electrons. The Balaban J connectivity index is 1.32. The first-order chi connectivity index (χ1) is 14.7. The van der Waals surface area contributed by atoms with Crippen LogP contribution in [-0.4, -0.2) is 34.8 Å². The zero-order chi connectivity index (χ0) is 20.5. The van der Waals surface area contributed by atoms with Gasteiger partial charge in [-0.15, -0.1) is 0 Å². The van der Waals surface area contributed by atoms with Gasteiger partial charge >= 0.3 is 0 Å². The number of hydrogen-bond acceptors (Lipinski definition) is 4. The Morgan fingerprint density at radius 3 is 2.63 bits per heavy atom. The van der Waals surface area contributed by atoms with E-state index in [0.717, 1.165) is 61.1 Å². The minimum absolute atomic E-state index is 0.0898. The van der Waals surface area contributed by atoms with E-state index in [1.165, 1.54) is 0 Å². The number of nitrogens with zero attached hydrogens (tertiary/aromatic N) is 3. The molecule has 1 aromatic heterocycles. The number of carbonyl (C=O) groups excluding carboxylic acids is 2. The Labute approximate surface area is 175 Å². The normalized spacial score (nSPS) is 19.6. The second-order valence-corrected chi connectivity index (χ2v) is 8.11. The third-order valence-corrected chi connectivity index (χ3v) is 6.10. The number of hydrogen-bond donors (Lipinski definition) is 0. The summed E-state index contributed by atoms with van der Waals surface area (Å²) in [6, 6.07) is 15.4. The summed E-state index contributed by atoms with van der Waals surface area (Å²) in [6.45, 7) is 1.50. The van der Waals surface area contributed by atoms with Gasteiger partial charge in [0, 0.05) is 25.2 Å². The van der Waals surface area contributed by atoms with Crippen LogP contribution in [0.1, 0.15) is 49.6 Å². The first-order valence-electron chi connectivity index (χ1n) is 10.7.